The Hall–Kier alpha value is -0.0800. The van der Waals surface area contributed by atoms with E-state index in [1.807, 2.05) is 0 Å². The molecular weight excluding hydrogens is 258 g/mol. The topological polar surface area (TPSA) is 12.5 Å². The Kier molecular flexibility index (Phi) is 9.59. The van der Waals surface area contributed by atoms with Crippen molar-refractivity contribution in [2.75, 3.05) is 26.8 Å². The molecule has 21 heavy (non-hydrogen) atoms. The van der Waals surface area contributed by atoms with E-state index in [1.54, 1.807) is 0 Å². The number of ether oxygens (including phenoxy) is 1. The van der Waals surface area contributed by atoms with E-state index in [9.17, 15) is 0 Å². The molecule has 1 fully saturated rings. The summed E-state index contributed by atoms with van der Waals surface area (Å²) in [4.78, 5) is 2.56. The molecule has 0 radical (unpaired) electrons. The molecule has 0 spiro atoms. The van der Waals surface area contributed by atoms with Crippen molar-refractivity contribution in [3.63, 3.8) is 0 Å². The van der Waals surface area contributed by atoms with Gasteiger partial charge in [-0.05, 0) is 25.3 Å². The van der Waals surface area contributed by atoms with Crippen LogP contribution < -0.4 is 0 Å². The van der Waals surface area contributed by atoms with Crippen LogP contribution in [0.4, 0.5) is 0 Å². The van der Waals surface area contributed by atoms with Crippen LogP contribution in [0.1, 0.15) is 85.0 Å². The van der Waals surface area contributed by atoms with E-state index in [2.05, 4.69) is 32.7 Å². The third-order valence-corrected chi connectivity index (χ3v) is 5.40. The van der Waals surface area contributed by atoms with E-state index >= 15 is 0 Å². The second kappa shape index (κ2) is 10.6. The Morgan fingerprint density at radius 2 is 1.52 bits per heavy atom. The molecule has 0 N–H and O–H groups in total. The van der Waals surface area contributed by atoms with Crippen LogP contribution in [0.25, 0.3) is 0 Å². The quantitative estimate of drug-likeness (QED) is 0.482. The fraction of sp³-hybridized carbons (Fsp3) is 1.00. The molecule has 0 aromatic heterocycles. The third kappa shape index (κ3) is 6.69. The zero-order chi connectivity index (χ0) is 15.6. The molecule has 1 saturated heterocycles. The minimum Gasteiger partial charge on any atom is -0.378 e. The number of rotatable bonds is 11. The molecular formula is C19H39NO. The smallest absolute Gasteiger partial charge is 0.0627 e. The summed E-state index contributed by atoms with van der Waals surface area (Å²) >= 11 is 0. The van der Waals surface area contributed by atoms with Crippen LogP contribution in [0.2, 0.25) is 0 Å². The fourth-order valence-electron chi connectivity index (χ4n) is 3.79. The summed E-state index contributed by atoms with van der Waals surface area (Å²) in [6.07, 6.45) is 13.8. The molecule has 1 aliphatic rings. The molecule has 1 rings (SSSR count). The Balaban J connectivity index is 2.53. The fourth-order valence-corrected chi connectivity index (χ4v) is 3.79. The maximum absolute atomic E-state index is 5.81. The van der Waals surface area contributed by atoms with Gasteiger partial charge in [0.2, 0.25) is 0 Å². The Morgan fingerprint density at radius 1 is 0.952 bits per heavy atom. The van der Waals surface area contributed by atoms with Crippen molar-refractivity contribution >= 4 is 0 Å². The number of likely N-dealkylation sites (N-methyl/N-ethyl adjacent to an activating group) is 1. The van der Waals surface area contributed by atoms with Crippen molar-refractivity contribution < 1.29 is 4.74 Å². The van der Waals surface area contributed by atoms with Crippen molar-refractivity contribution in [1.29, 1.82) is 0 Å². The number of morpholine rings is 1. The first kappa shape index (κ1) is 19.0. The number of hydrogen-bond donors (Lipinski definition) is 0. The average molecular weight is 298 g/mol. The maximum atomic E-state index is 5.81. The van der Waals surface area contributed by atoms with E-state index in [1.165, 1.54) is 64.2 Å². The standard InChI is InChI=1S/C19H39NO/c1-5-7-9-11-13-19(3,14-12-10-8-6-2)18-17-21-16-15-20(18)4/h18H,5-17H2,1-4H3. The number of hydrogen-bond acceptors (Lipinski definition) is 2. The highest BCUT2D eigenvalue weighted by Gasteiger charge is 2.37. The number of nitrogens with zero attached hydrogens (tertiary/aromatic N) is 1. The average Bonchev–Trinajstić information content (AvgIpc) is 2.49. The lowest BCUT2D eigenvalue weighted by Gasteiger charge is -2.45. The van der Waals surface area contributed by atoms with Gasteiger partial charge in [-0.1, -0.05) is 72.1 Å². The lowest BCUT2D eigenvalue weighted by Crippen LogP contribution is -2.52. The van der Waals surface area contributed by atoms with Gasteiger partial charge in [0.1, 0.15) is 0 Å². The highest BCUT2D eigenvalue weighted by molar-refractivity contribution is 4.90. The highest BCUT2D eigenvalue weighted by atomic mass is 16.5. The predicted molar refractivity (Wildman–Crippen MR) is 92.9 cm³/mol. The van der Waals surface area contributed by atoms with Crippen molar-refractivity contribution in [2.45, 2.75) is 91.0 Å². The second-order valence-electron chi connectivity index (χ2n) is 7.35. The molecule has 2 nitrogen and oxygen atoms in total. The van der Waals surface area contributed by atoms with Crippen LogP contribution in [0.15, 0.2) is 0 Å². The molecule has 0 bridgehead atoms. The van der Waals surface area contributed by atoms with E-state index in [0.717, 1.165) is 19.8 Å². The highest BCUT2D eigenvalue weighted by Crippen LogP contribution is 2.38. The van der Waals surface area contributed by atoms with Crippen LogP contribution in [-0.2, 0) is 4.74 Å². The molecule has 0 saturated carbocycles. The Labute approximate surface area is 133 Å². The molecule has 0 aromatic rings. The summed E-state index contributed by atoms with van der Waals surface area (Å²) in [5.74, 6) is 0. The Bertz CT molecular complexity index is 242. The van der Waals surface area contributed by atoms with Crippen LogP contribution in [0, 0.1) is 5.41 Å². The maximum Gasteiger partial charge on any atom is 0.0627 e. The summed E-state index contributed by atoms with van der Waals surface area (Å²) in [6.45, 7) is 10.1. The van der Waals surface area contributed by atoms with E-state index < -0.39 is 0 Å². The SMILES string of the molecule is CCCCCCC(C)(CCCCCC)C1COCCN1C. The largest absolute Gasteiger partial charge is 0.378 e. The zero-order valence-electron chi connectivity index (χ0n) is 15.1. The normalized spacial score (nSPS) is 20.9. The van der Waals surface area contributed by atoms with E-state index in [-0.39, 0.29) is 0 Å². The van der Waals surface area contributed by atoms with Crippen LogP contribution >= 0.6 is 0 Å². The van der Waals surface area contributed by atoms with Gasteiger partial charge in [-0.15, -0.1) is 0 Å². The lowest BCUT2D eigenvalue weighted by atomic mass is 9.73. The summed E-state index contributed by atoms with van der Waals surface area (Å²) in [5.41, 5.74) is 0.441. The minimum absolute atomic E-state index is 0.441. The van der Waals surface area contributed by atoms with Crippen LogP contribution in [0.5, 0.6) is 0 Å². The van der Waals surface area contributed by atoms with Crippen molar-refractivity contribution in [3.05, 3.63) is 0 Å². The molecule has 1 aliphatic heterocycles. The molecule has 1 heterocycles. The molecule has 126 valence electrons. The molecule has 0 amide bonds. The number of unbranched alkanes of at least 4 members (excludes halogenated alkanes) is 6. The molecule has 2 heteroatoms. The molecule has 1 atom stereocenters. The van der Waals surface area contributed by atoms with Gasteiger partial charge in [0.15, 0.2) is 0 Å². The zero-order valence-corrected chi connectivity index (χ0v) is 15.1. The van der Waals surface area contributed by atoms with Crippen molar-refractivity contribution in [3.8, 4) is 0 Å². The van der Waals surface area contributed by atoms with Gasteiger partial charge >= 0.3 is 0 Å². The summed E-state index contributed by atoms with van der Waals surface area (Å²) < 4.78 is 5.81. The lowest BCUT2D eigenvalue weighted by molar-refractivity contribution is -0.0529. The van der Waals surface area contributed by atoms with Gasteiger partial charge < -0.3 is 4.74 Å². The van der Waals surface area contributed by atoms with Gasteiger partial charge in [-0.25, -0.2) is 0 Å². The third-order valence-electron chi connectivity index (χ3n) is 5.40. The van der Waals surface area contributed by atoms with Crippen molar-refractivity contribution in [2.24, 2.45) is 5.41 Å². The van der Waals surface area contributed by atoms with Gasteiger partial charge in [0, 0.05) is 12.6 Å². The minimum atomic E-state index is 0.441. The van der Waals surface area contributed by atoms with E-state index in [0.29, 0.717) is 11.5 Å². The van der Waals surface area contributed by atoms with Gasteiger partial charge in [0.05, 0.1) is 13.2 Å². The monoisotopic (exact) mass is 297 g/mol. The van der Waals surface area contributed by atoms with Crippen LogP contribution in [0.3, 0.4) is 0 Å². The van der Waals surface area contributed by atoms with Gasteiger partial charge in [0.25, 0.3) is 0 Å². The van der Waals surface area contributed by atoms with Gasteiger partial charge in [-0.3, -0.25) is 4.90 Å². The summed E-state index contributed by atoms with van der Waals surface area (Å²) in [5, 5.41) is 0. The summed E-state index contributed by atoms with van der Waals surface area (Å²) in [7, 11) is 2.30. The van der Waals surface area contributed by atoms with E-state index in [4.69, 9.17) is 4.74 Å². The molecule has 1 unspecified atom stereocenters. The van der Waals surface area contributed by atoms with Crippen molar-refractivity contribution in [1.82, 2.24) is 4.90 Å². The first-order valence-electron chi connectivity index (χ1n) is 9.42. The second-order valence-corrected chi connectivity index (χ2v) is 7.35. The molecule has 0 aliphatic carbocycles. The first-order chi connectivity index (χ1) is 10.1. The first-order valence-corrected chi connectivity index (χ1v) is 9.42. The Morgan fingerprint density at radius 3 is 2.00 bits per heavy atom. The summed E-state index contributed by atoms with van der Waals surface area (Å²) in [6, 6.07) is 0.620. The molecule has 0 aromatic carbocycles. The van der Waals surface area contributed by atoms with Gasteiger partial charge in [-0.2, -0.15) is 0 Å². The predicted octanol–water partition coefficient (Wildman–Crippen LogP) is 5.26. The van der Waals surface area contributed by atoms with Crippen LogP contribution in [-0.4, -0.2) is 37.7 Å².